The molecule has 28 heavy (non-hydrogen) atoms. The second-order valence-corrected chi connectivity index (χ2v) is 6.38. The lowest BCUT2D eigenvalue weighted by Crippen LogP contribution is -2.02. The van der Waals surface area contributed by atoms with Crippen molar-refractivity contribution >= 4 is 22.8 Å². The molecule has 0 bridgehead atoms. The smallest absolute Gasteiger partial charge is 0.308 e. The van der Waals surface area contributed by atoms with Crippen molar-refractivity contribution in [2.45, 2.75) is 6.92 Å². The molecule has 140 valence electrons. The van der Waals surface area contributed by atoms with Crippen molar-refractivity contribution in [1.29, 1.82) is 0 Å². The summed E-state index contributed by atoms with van der Waals surface area (Å²) in [4.78, 5) is 11.7. The van der Waals surface area contributed by atoms with Gasteiger partial charge in [-0.1, -0.05) is 42.5 Å². The van der Waals surface area contributed by atoms with Crippen molar-refractivity contribution < 1.29 is 18.7 Å². The summed E-state index contributed by atoms with van der Waals surface area (Å²) < 4.78 is 16.6. The van der Waals surface area contributed by atoms with E-state index in [1.165, 1.54) is 6.92 Å². The second kappa shape index (κ2) is 7.12. The summed E-state index contributed by atoms with van der Waals surface area (Å²) in [5.41, 5.74) is 10.1. The molecule has 0 unspecified atom stereocenters. The number of esters is 1. The second-order valence-electron chi connectivity index (χ2n) is 6.38. The molecule has 0 spiro atoms. The lowest BCUT2D eigenvalue weighted by molar-refractivity contribution is -0.131. The highest BCUT2D eigenvalue weighted by Gasteiger charge is 2.20. The van der Waals surface area contributed by atoms with Crippen LogP contribution in [0.2, 0.25) is 0 Å². The summed E-state index contributed by atoms with van der Waals surface area (Å²) in [5.74, 6) is 1.04. The van der Waals surface area contributed by atoms with Crippen LogP contribution in [0.15, 0.2) is 71.1 Å². The average Bonchev–Trinajstić information content (AvgIpc) is 3.04. The Morgan fingerprint density at radius 3 is 2.29 bits per heavy atom. The van der Waals surface area contributed by atoms with E-state index in [0.29, 0.717) is 22.3 Å². The standard InChI is InChI=1S/C23H19NO4/c1-14(25)27-19-12-17(15-8-10-18(26-2)11-9-15)13-20-22(19)21(23(24)28-20)16-6-4-3-5-7-16/h3-13H,24H2,1-2H3. The summed E-state index contributed by atoms with van der Waals surface area (Å²) in [7, 11) is 1.62. The molecule has 3 aromatic carbocycles. The van der Waals surface area contributed by atoms with Crippen LogP contribution < -0.4 is 15.2 Å². The SMILES string of the molecule is COc1ccc(-c2cc(OC(C)=O)c3c(-c4ccccc4)c(N)oc3c2)cc1. The summed E-state index contributed by atoms with van der Waals surface area (Å²) in [6.45, 7) is 1.37. The van der Waals surface area contributed by atoms with Crippen molar-refractivity contribution in [2.24, 2.45) is 0 Å². The number of methoxy groups -OCH3 is 1. The Balaban J connectivity index is 1.95. The zero-order valence-electron chi connectivity index (χ0n) is 15.6. The number of hydrogen-bond acceptors (Lipinski definition) is 5. The van der Waals surface area contributed by atoms with Crippen LogP contribution in [0.1, 0.15) is 6.92 Å². The van der Waals surface area contributed by atoms with Crippen molar-refractivity contribution in [3.63, 3.8) is 0 Å². The monoisotopic (exact) mass is 373 g/mol. The molecular weight excluding hydrogens is 354 g/mol. The minimum absolute atomic E-state index is 0.279. The van der Waals surface area contributed by atoms with Gasteiger partial charge < -0.3 is 19.6 Å². The number of furan rings is 1. The van der Waals surface area contributed by atoms with Crippen molar-refractivity contribution in [3.8, 4) is 33.8 Å². The number of fused-ring (bicyclic) bond motifs is 1. The zero-order chi connectivity index (χ0) is 19.7. The topological polar surface area (TPSA) is 74.7 Å². The van der Waals surface area contributed by atoms with E-state index in [4.69, 9.17) is 19.6 Å². The normalized spacial score (nSPS) is 10.8. The first-order chi connectivity index (χ1) is 13.6. The van der Waals surface area contributed by atoms with Crippen LogP contribution in [0.4, 0.5) is 5.88 Å². The van der Waals surface area contributed by atoms with Gasteiger partial charge in [-0.15, -0.1) is 0 Å². The van der Waals surface area contributed by atoms with E-state index in [1.807, 2.05) is 66.7 Å². The van der Waals surface area contributed by atoms with Crippen molar-refractivity contribution in [3.05, 3.63) is 66.7 Å². The molecule has 1 aromatic heterocycles. The first-order valence-corrected chi connectivity index (χ1v) is 8.81. The molecular formula is C23H19NO4. The predicted molar refractivity (Wildman–Crippen MR) is 109 cm³/mol. The summed E-state index contributed by atoms with van der Waals surface area (Å²) in [6, 6.07) is 21.0. The molecule has 0 atom stereocenters. The molecule has 0 aliphatic carbocycles. The lowest BCUT2D eigenvalue weighted by Gasteiger charge is -2.09. The lowest BCUT2D eigenvalue weighted by atomic mass is 9.99. The number of rotatable bonds is 4. The fraction of sp³-hybridized carbons (Fsp3) is 0.0870. The number of carbonyl (C=O) groups excluding carboxylic acids is 1. The fourth-order valence-electron chi connectivity index (χ4n) is 3.29. The summed E-state index contributed by atoms with van der Waals surface area (Å²) in [6.07, 6.45) is 0. The van der Waals surface area contributed by atoms with Crippen LogP contribution in [0, 0.1) is 0 Å². The van der Waals surface area contributed by atoms with Gasteiger partial charge in [-0.25, -0.2) is 0 Å². The van der Waals surface area contributed by atoms with Gasteiger partial charge in [0.2, 0.25) is 0 Å². The molecule has 0 fully saturated rings. The molecule has 0 amide bonds. The highest BCUT2D eigenvalue weighted by atomic mass is 16.5. The maximum absolute atomic E-state index is 11.7. The Bertz CT molecular complexity index is 1140. The van der Waals surface area contributed by atoms with Gasteiger partial charge in [-0.3, -0.25) is 4.79 Å². The van der Waals surface area contributed by atoms with E-state index in [-0.39, 0.29) is 5.88 Å². The molecule has 0 aliphatic rings. The molecule has 0 saturated heterocycles. The predicted octanol–water partition coefficient (Wildman–Crippen LogP) is 5.28. The maximum atomic E-state index is 11.7. The molecule has 0 radical (unpaired) electrons. The van der Waals surface area contributed by atoms with Gasteiger partial charge in [0, 0.05) is 6.92 Å². The Labute approximate surface area is 162 Å². The van der Waals surface area contributed by atoms with E-state index in [1.54, 1.807) is 7.11 Å². The van der Waals surface area contributed by atoms with Crippen molar-refractivity contribution in [2.75, 3.05) is 12.8 Å². The fourth-order valence-corrected chi connectivity index (χ4v) is 3.29. The van der Waals surface area contributed by atoms with Gasteiger partial charge in [0.15, 0.2) is 5.88 Å². The largest absolute Gasteiger partial charge is 0.497 e. The van der Waals surface area contributed by atoms with Crippen LogP contribution in [0.25, 0.3) is 33.2 Å². The number of ether oxygens (including phenoxy) is 2. The number of anilines is 1. The Hall–Kier alpha value is -3.73. The van der Waals surface area contributed by atoms with Gasteiger partial charge in [-0.05, 0) is 41.0 Å². The van der Waals surface area contributed by atoms with E-state index in [0.717, 1.165) is 22.4 Å². The molecule has 5 heteroatoms. The number of hydrogen-bond donors (Lipinski definition) is 1. The molecule has 4 rings (SSSR count). The molecule has 4 aromatic rings. The van der Waals surface area contributed by atoms with Crippen LogP contribution in [-0.2, 0) is 4.79 Å². The van der Waals surface area contributed by atoms with E-state index < -0.39 is 5.97 Å². The van der Waals surface area contributed by atoms with Crippen LogP contribution >= 0.6 is 0 Å². The maximum Gasteiger partial charge on any atom is 0.308 e. The van der Waals surface area contributed by atoms with Gasteiger partial charge in [0.1, 0.15) is 17.1 Å². The van der Waals surface area contributed by atoms with E-state index >= 15 is 0 Å². The minimum Gasteiger partial charge on any atom is -0.497 e. The van der Waals surface area contributed by atoms with Crippen LogP contribution in [-0.4, -0.2) is 13.1 Å². The molecule has 5 nitrogen and oxygen atoms in total. The first-order valence-electron chi connectivity index (χ1n) is 8.81. The molecule has 0 saturated carbocycles. The Kier molecular flexibility index (Phi) is 4.49. The van der Waals surface area contributed by atoms with Gasteiger partial charge >= 0.3 is 5.97 Å². The first kappa shape index (κ1) is 17.7. The Morgan fingerprint density at radius 1 is 0.929 bits per heavy atom. The quantitative estimate of drug-likeness (QED) is 0.389. The van der Waals surface area contributed by atoms with Crippen molar-refractivity contribution in [1.82, 2.24) is 0 Å². The third-order valence-corrected chi connectivity index (χ3v) is 4.52. The average molecular weight is 373 g/mol. The molecule has 2 N–H and O–H groups in total. The van der Waals surface area contributed by atoms with E-state index in [2.05, 4.69) is 0 Å². The number of nitrogens with two attached hydrogens (primary N) is 1. The zero-order valence-corrected chi connectivity index (χ0v) is 15.6. The number of nitrogen functional groups attached to an aromatic ring is 1. The highest BCUT2D eigenvalue weighted by molar-refractivity contribution is 6.05. The summed E-state index contributed by atoms with van der Waals surface area (Å²) >= 11 is 0. The van der Waals surface area contributed by atoms with Crippen LogP contribution in [0.5, 0.6) is 11.5 Å². The third kappa shape index (κ3) is 3.18. The van der Waals surface area contributed by atoms with Gasteiger partial charge in [-0.2, -0.15) is 0 Å². The molecule has 1 heterocycles. The van der Waals surface area contributed by atoms with Gasteiger partial charge in [0.25, 0.3) is 0 Å². The van der Waals surface area contributed by atoms with Gasteiger partial charge in [0.05, 0.1) is 18.1 Å². The molecule has 0 aliphatic heterocycles. The van der Waals surface area contributed by atoms with Crippen LogP contribution in [0.3, 0.4) is 0 Å². The minimum atomic E-state index is -0.410. The summed E-state index contributed by atoms with van der Waals surface area (Å²) in [5, 5.41) is 0.677. The highest BCUT2D eigenvalue weighted by Crippen LogP contribution is 2.44. The Morgan fingerprint density at radius 2 is 1.64 bits per heavy atom. The number of carbonyl (C=O) groups is 1. The number of benzene rings is 3. The third-order valence-electron chi connectivity index (χ3n) is 4.52. The van der Waals surface area contributed by atoms with E-state index in [9.17, 15) is 4.79 Å².